The number of aromatic nitrogens is 4. The van der Waals surface area contributed by atoms with Gasteiger partial charge in [-0.3, -0.25) is 4.57 Å². The number of nitrogens with one attached hydrogen (secondary N) is 1. The minimum atomic E-state index is -1.06. The highest BCUT2D eigenvalue weighted by Crippen LogP contribution is 2.38. The van der Waals surface area contributed by atoms with Crippen molar-refractivity contribution in [3.63, 3.8) is 0 Å². The quantitative estimate of drug-likeness (QED) is 0.251. The van der Waals surface area contributed by atoms with Crippen LogP contribution in [0.15, 0.2) is 79.0 Å². The average Bonchev–Trinajstić information content (AvgIpc) is 3.52. The number of pyridine rings is 1. The lowest BCUT2D eigenvalue weighted by molar-refractivity contribution is 0.0690. The molecule has 0 unspecified atom stereocenters. The van der Waals surface area contributed by atoms with Crippen LogP contribution in [0.25, 0.3) is 50.3 Å². The Morgan fingerprint density at radius 1 is 0.872 bits per heavy atom. The molecule has 6 nitrogen and oxygen atoms in total. The van der Waals surface area contributed by atoms with Crippen LogP contribution in [0.4, 0.5) is 0 Å². The number of carbonyl (C=O) groups is 1. The molecule has 0 saturated carbocycles. The van der Waals surface area contributed by atoms with Gasteiger partial charge in [0, 0.05) is 28.4 Å². The van der Waals surface area contributed by atoms with Gasteiger partial charge in [-0.05, 0) is 84.5 Å². The van der Waals surface area contributed by atoms with Crippen LogP contribution in [0, 0.1) is 13.8 Å². The molecule has 0 aliphatic carbocycles. The summed E-state index contributed by atoms with van der Waals surface area (Å²) in [7, 11) is 0. The molecule has 3 aromatic carbocycles. The molecule has 0 fully saturated rings. The number of carboxylic acid groups (broad SMARTS) is 1. The smallest absolute Gasteiger partial charge is 0.354 e. The fraction of sp³-hybridized carbons (Fsp3) is 0.182. The van der Waals surface area contributed by atoms with E-state index in [2.05, 4.69) is 91.6 Å². The molecule has 0 spiro atoms. The molecule has 3 heterocycles. The van der Waals surface area contributed by atoms with E-state index in [1.165, 1.54) is 22.8 Å². The first-order valence-corrected chi connectivity index (χ1v) is 13.0. The van der Waals surface area contributed by atoms with Gasteiger partial charge in [0.1, 0.15) is 11.5 Å². The van der Waals surface area contributed by atoms with Crippen molar-refractivity contribution in [3.05, 3.63) is 101 Å². The van der Waals surface area contributed by atoms with Crippen LogP contribution in [0.3, 0.4) is 0 Å². The first-order valence-electron chi connectivity index (χ1n) is 13.0. The summed E-state index contributed by atoms with van der Waals surface area (Å²) in [5.74, 6) is -0.242. The van der Waals surface area contributed by atoms with E-state index >= 15 is 0 Å². The molecule has 0 saturated heterocycles. The molecule has 0 atom stereocenters. The molecule has 0 radical (unpaired) electrons. The number of hydrogen-bond acceptors (Lipinski definition) is 3. The average molecular weight is 515 g/mol. The second kappa shape index (κ2) is 8.95. The lowest BCUT2D eigenvalue weighted by Gasteiger charge is -2.21. The maximum absolute atomic E-state index is 11.7. The number of imidazole rings is 1. The van der Waals surface area contributed by atoms with Crippen molar-refractivity contribution in [3.8, 4) is 28.3 Å². The Morgan fingerprint density at radius 3 is 2.33 bits per heavy atom. The molecule has 194 valence electrons. The lowest BCUT2D eigenvalue weighted by Crippen LogP contribution is -2.11. The van der Waals surface area contributed by atoms with Crippen molar-refractivity contribution in [2.45, 2.75) is 40.0 Å². The van der Waals surface area contributed by atoms with E-state index in [0.717, 1.165) is 44.6 Å². The minimum absolute atomic E-state index is 0.00411. The van der Waals surface area contributed by atoms with Crippen molar-refractivity contribution in [2.24, 2.45) is 0 Å². The highest BCUT2D eigenvalue weighted by atomic mass is 16.4. The predicted molar refractivity (Wildman–Crippen MR) is 157 cm³/mol. The van der Waals surface area contributed by atoms with E-state index in [1.54, 1.807) is 6.07 Å². The van der Waals surface area contributed by atoms with Gasteiger partial charge >= 0.3 is 5.97 Å². The van der Waals surface area contributed by atoms with Crippen LogP contribution in [0.2, 0.25) is 0 Å². The predicted octanol–water partition coefficient (Wildman–Crippen LogP) is 7.85. The number of benzene rings is 3. The van der Waals surface area contributed by atoms with Crippen molar-refractivity contribution >= 4 is 27.9 Å². The number of aromatic carboxylic acids is 1. The zero-order valence-electron chi connectivity index (χ0n) is 22.7. The molecule has 6 rings (SSSR count). The molecule has 39 heavy (non-hydrogen) atoms. The molecule has 3 aromatic heterocycles. The molecule has 0 aliphatic heterocycles. The molecule has 2 N–H and O–H groups in total. The van der Waals surface area contributed by atoms with Crippen molar-refractivity contribution < 1.29 is 9.90 Å². The van der Waals surface area contributed by atoms with Crippen LogP contribution < -0.4 is 0 Å². The van der Waals surface area contributed by atoms with E-state index in [0.29, 0.717) is 5.69 Å². The van der Waals surface area contributed by atoms with E-state index in [4.69, 9.17) is 4.98 Å². The zero-order valence-corrected chi connectivity index (χ0v) is 22.7. The summed E-state index contributed by atoms with van der Waals surface area (Å²) in [6, 6.07) is 24.2. The first-order chi connectivity index (χ1) is 18.6. The molecule has 6 aromatic rings. The van der Waals surface area contributed by atoms with Crippen LogP contribution in [0.5, 0.6) is 0 Å². The standard InChI is InChI=1S/C33H30N4O2/c1-19-14-20(2)16-23(15-19)37-28-11-6-8-24(26-9-7-10-27(35-26)32(38)39)30(28)36-31(37)25-18-22(33(3,4)5)17-21-12-13-34-29(21)25/h6-18,34H,1-5H3,(H,38,39). The highest BCUT2D eigenvalue weighted by Gasteiger charge is 2.23. The number of fused-ring (bicyclic) bond motifs is 2. The van der Waals surface area contributed by atoms with E-state index < -0.39 is 5.97 Å². The monoisotopic (exact) mass is 514 g/mol. The maximum atomic E-state index is 11.7. The second-order valence-corrected chi connectivity index (χ2v) is 11.2. The maximum Gasteiger partial charge on any atom is 0.354 e. The van der Waals surface area contributed by atoms with Gasteiger partial charge in [-0.25, -0.2) is 14.8 Å². The van der Waals surface area contributed by atoms with Crippen molar-refractivity contribution in [1.29, 1.82) is 0 Å². The Morgan fingerprint density at radius 2 is 1.62 bits per heavy atom. The molecule has 6 heteroatoms. The fourth-order valence-electron chi connectivity index (χ4n) is 5.31. The summed E-state index contributed by atoms with van der Waals surface area (Å²) in [4.78, 5) is 24.8. The fourth-order valence-corrected chi connectivity index (χ4v) is 5.31. The van der Waals surface area contributed by atoms with E-state index in [-0.39, 0.29) is 11.1 Å². The highest BCUT2D eigenvalue weighted by molar-refractivity contribution is 5.99. The number of nitrogens with zero attached hydrogens (tertiary/aromatic N) is 3. The largest absolute Gasteiger partial charge is 0.477 e. The van der Waals surface area contributed by atoms with Gasteiger partial charge in [0.25, 0.3) is 0 Å². The van der Waals surface area contributed by atoms with Crippen molar-refractivity contribution in [1.82, 2.24) is 19.5 Å². The second-order valence-electron chi connectivity index (χ2n) is 11.2. The van der Waals surface area contributed by atoms with E-state index in [9.17, 15) is 9.90 Å². The summed E-state index contributed by atoms with van der Waals surface area (Å²) in [5, 5.41) is 10.7. The van der Waals surface area contributed by atoms with Crippen LogP contribution >= 0.6 is 0 Å². The van der Waals surface area contributed by atoms with Gasteiger partial charge in [0.05, 0.1) is 22.2 Å². The van der Waals surface area contributed by atoms with Gasteiger partial charge < -0.3 is 10.1 Å². The third-order valence-electron chi connectivity index (χ3n) is 7.16. The lowest BCUT2D eigenvalue weighted by atomic mass is 9.85. The number of H-pyrrole nitrogens is 1. The Kier molecular flexibility index (Phi) is 5.65. The molecule has 0 aliphatic rings. The minimum Gasteiger partial charge on any atom is -0.477 e. The Balaban J connectivity index is 1.73. The van der Waals surface area contributed by atoms with Crippen molar-refractivity contribution in [2.75, 3.05) is 0 Å². The van der Waals surface area contributed by atoms with Crippen LogP contribution in [-0.4, -0.2) is 30.6 Å². The van der Waals surface area contributed by atoms with Crippen LogP contribution in [-0.2, 0) is 5.41 Å². The van der Waals surface area contributed by atoms with Gasteiger partial charge in [-0.15, -0.1) is 0 Å². The van der Waals surface area contributed by atoms with E-state index in [1.807, 2.05) is 24.4 Å². The Labute approximate surface area is 227 Å². The SMILES string of the molecule is Cc1cc(C)cc(-n2c(-c3cc(C(C)(C)C)cc4cc[nH]c34)nc3c(-c4cccc(C(=O)O)n4)cccc32)c1. The van der Waals surface area contributed by atoms with Gasteiger partial charge in [-0.2, -0.15) is 0 Å². The summed E-state index contributed by atoms with van der Waals surface area (Å²) in [6.07, 6.45) is 1.97. The molecule has 0 amide bonds. The molecule has 0 bridgehead atoms. The number of hydrogen-bond donors (Lipinski definition) is 2. The van der Waals surface area contributed by atoms with Gasteiger partial charge in [0.2, 0.25) is 0 Å². The summed E-state index contributed by atoms with van der Waals surface area (Å²) < 4.78 is 2.21. The first kappa shape index (κ1) is 24.6. The Bertz CT molecular complexity index is 1880. The topological polar surface area (TPSA) is 83.8 Å². The van der Waals surface area contributed by atoms with Gasteiger partial charge in [-0.1, -0.05) is 45.0 Å². The third kappa shape index (κ3) is 4.28. The number of carboxylic acids is 1. The molecular weight excluding hydrogens is 484 g/mol. The summed E-state index contributed by atoms with van der Waals surface area (Å²) in [6.45, 7) is 10.9. The summed E-state index contributed by atoms with van der Waals surface area (Å²) >= 11 is 0. The number of para-hydroxylation sites is 1. The zero-order chi connectivity index (χ0) is 27.5. The number of aryl methyl sites for hydroxylation is 2. The third-order valence-corrected chi connectivity index (χ3v) is 7.16. The summed E-state index contributed by atoms with van der Waals surface area (Å²) in [5.41, 5.74) is 9.62. The molecular formula is C33H30N4O2. The number of rotatable bonds is 4. The normalized spacial score (nSPS) is 11.9. The Hall–Kier alpha value is -4.71. The van der Waals surface area contributed by atoms with Crippen LogP contribution in [0.1, 0.15) is 48.0 Å². The van der Waals surface area contributed by atoms with Gasteiger partial charge in [0.15, 0.2) is 0 Å². The number of aromatic amines is 1.